The number of thiol groups is 1. The maximum absolute atomic E-state index is 12.5. The first-order chi connectivity index (χ1) is 9.10. The molecule has 0 radical (unpaired) electrons. The lowest BCUT2D eigenvalue weighted by Gasteiger charge is -2.22. The highest BCUT2D eigenvalue weighted by molar-refractivity contribution is 7.89. The van der Waals surface area contributed by atoms with Crippen molar-refractivity contribution in [2.75, 3.05) is 5.32 Å². The van der Waals surface area contributed by atoms with E-state index in [0.29, 0.717) is 29.0 Å². The fourth-order valence-corrected chi connectivity index (χ4v) is 4.11. The van der Waals surface area contributed by atoms with Crippen molar-refractivity contribution < 1.29 is 13.2 Å². The molecule has 0 heterocycles. The van der Waals surface area contributed by atoms with E-state index in [-0.39, 0.29) is 4.90 Å². The topological polar surface area (TPSA) is 75.3 Å². The molecule has 0 saturated heterocycles. The summed E-state index contributed by atoms with van der Waals surface area (Å²) in [7, 11) is -3.68. The first kappa shape index (κ1) is 17.0. The second-order valence-corrected chi connectivity index (χ2v) is 7.58. The molecule has 0 spiro atoms. The highest BCUT2D eigenvalue weighted by Crippen LogP contribution is 2.28. The van der Waals surface area contributed by atoms with Gasteiger partial charge in [-0.15, -0.1) is 12.6 Å². The molecule has 1 aromatic carbocycles. The van der Waals surface area contributed by atoms with E-state index in [2.05, 4.69) is 22.7 Å². The van der Waals surface area contributed by atoms with Crippen LogP contribution in [0.4, 0.5) is 5.69 Å². The van der Waals surface area contributed by atoms with Crippen LogP contribution in [0.5, 0.6) is 0 Å². The van der Waals surface area contributed by atoms with E-state index in [1.54, 1.807) is 26.8 Å². The predicted octanol–water partition coefficient (Wildman–Crippen LogP) is 2.18. The Bertz CT molecular complexity index is 605. The van der Waals surface area contributed by atoms with Crippen molar-refractivity contribution in [1.29, 1.82) is 0 Å². The van der Waals surface area contributed by atoms with Crippen molar-refractivity contribution in [2.45, 2.75) is 49.4 Å². The molecule has 7 heteroatoms. The minimum absolute atomic E-state index is 0.145. The molecular formula is C13H20N2O3S2. The Balaban J connectivity index is 3.44. The summed E-state index contributed by atoms with van der Waals surface area (Å²) in [5, 5.41) is 2.45. The molecule has 1 rings (SSSR count). The molecule has 0 aliphatic heterocycles. The number of carbonyl (C=O) groups excluding carboxylic acids is 1. The summed E-state index contributed by atoms with van der Waals surface area (Å²) in [4.78, 5) is 11.2. The Morgan fingerprint density at radius 1 is 1.30 bits per heavy atom. The van der Waals surface area contributed by atoms with Crippen LogP contribution in [0.15, 0.2) is 21.9 Å². The largest absolute Gasteiger partial charge is 0.329 e. The molecule has 0 bridgehead atoms. The number of amides is 1. The summed E-state index contributed by atoms with van der Waals surface area (Å²) in [6, 6.07) is 3.08. The third kappa shape index (κ3) is 4.22. The molecule has 1 aromatic rings. The van der Waals surface area contributed by atoms with E-state index in [0.717, 1.165) is 0 Å². The van der Waals surface area contributed by atoms with Crippen LogP contribution in [-0.4, -0.2) is 20.4 Å². The van der Waals surface area contributed by atoms with Gasteiger partial charge < -0.3 is 5.32 Å². The van der Waals surface area contributed by atoms with Gasteiger partial charge in [0, 0.05) is 16.1 Å². The quantitative estimate of drug-likeness (QED) is 0.576. The van der Waals surface area contributed by atoms with Gasteiger partial charge in [0.05, 0.1) is 4.90 Å². The molecule has 0 saturated carbocycles. The van der Waals surface area contributed by atoms with E-state index in [1.807, 2.05) is 6.92 Å². The van der Waals surface area contributed by atoms with E-state index in [9.17, 15) is 13.2 Å². The highest BCUT2D eigenvalue weighted by Gasteiger charge is 2.25. The van der Waals surface area contributed by atoms with Crippen LogP contribution in [0, 0.1) is 0 Å². The second-order valence-electron chi connectivity index (χ2n) is 5.44. The molecule has 20 heavy (non-hydrogen) atoms. The minimum Gasteiger partial charge on any atom is -0.329 e. The van der Waals surface area contributed by atoms with Gasteiger partial charge in [0.15, 0.2) is 0 Å². The van der Waals surface area contributed by atoms with Gasteiger partial charge >= 0.3 is 0 Å². The lowest BCUT2D eigenvalue weighted by Crippen LogP contribution is -2.40. The Morgan fingerprint density at radius 3 is 2.35 bits per heavy atom. The van der Waals surface area contributed by atoms with Crippen LogP contribution in [0.2, 0.25) is 0 Å². The molecule has 0 aliphatic rings. The molecule has 0 atom stereocenters. The lowest BCUT2D eigenvalue weighted by atomic mass is 10.1. The molecule has 2 N–H and O–H groups in total. The van der Waals surface area contributed by atoms with Crippen LogP contribution in [0.25, 0.3) is 0 Å². The molecule has 0 aliphatic carbocycles. The van der Waals surface area contributed by atoms with Gasteiger partial charge in [-0.25, -0.2) is 13.1 Å². The van der Waals surface area contributed by atoms with Crippen LogP contribution < -0.4 is 10.0 Å². The smallest absolute Gasteiger partial charge is 0.241 e. The van der Waals surface area contributed by atoms with Crippen LogP contribution in [-0.2, 0) is 21.2 Å². The summed E-state index contributed by atoms with van der Waals surface area (Å²) in [5.74, 6) is 0. The standard InChI is InChI=1S/C13H20N2O3S2/c1-5-10-11(19)6-9(14-8-16)7-12(10)20(17,18)15-13(2,3)4/h6-8,15,19H,5H2,1-4H3,(H,14,16). The average molecular weight is 316 g/mol. The van der Waals surface area contributed by atoms with E-state index >= 15 is 0 Å². The fraction of sp³-hybridized carbons (Fsp3) is 0.462. The van der Waals surface area contributed by atoms with Gasteiger partial charge in [-0.3, -0.25) is 4.79 Å². The van der Waals surface area contributed by atoms with Gasteiger partial charge in [-0.2, -0.15) is 0 Å². The minimum atomic E-state index is -3.68. The van der Waals surface area contributed by atoms with Crippen molar-refractivity contribution in [3.8, 4) is 0 Å². The highest BCUT2D eigenvalue weighted by atomic mass is 32.2. The molecule has 0 fully saturated rings. The molecule has 0 aromatic heterocycles. The number of sulfonamides is 1. The zero-order valence-corrected chi connectivity index (χ0v) is 13.7. The number of benzene rings is 1. The Kier molecular flexibility index (Phi) is 5.23. The van der Waals surface area contributed by atoms with Crippen LogP contribution >= 0.6 is 12.6 Å². The van der Waals surface area contributed by atoms with Crippen LogP contribution in [0.1, 0.15) is 33.3 Å². The summed E-state index contributed by atoms with van der Waals surface area (Å²) in [6.45, 7) is 7.17. The predicted molar refractivity (Wildman–Crippen MR) is 82.8 cm³/mol. The van der Waals surface area contributed by atoms with Crippen molar-refractivity contribution in [2.24, 2.45) is 0 Å². The lowest BCUT2D eigenvalue weighted by molar-refractivity contribution is -0.105. The van der Waals surface area contributed by atoms with Crippen LogP contribution in [0.3, 0.4) is 0 Å². The second kappa shape index (κ2) is 6.15. The molecule has 5 nitrogen and oxygen atoms in total. The summed E-state index contributed by atoms with van der Waals surface area (Å²) >= 11 is 4.31. The van der Waals surface area contributed by atoms with E-state index in [1.165, 1.54) is 6.07 Å². The third-order valence-electron chi connectivity index (χ3n) is 2.49. The molecule has 112 valence electrons. The third-order valence-corrected chi connectivity index (χ3v) is 4.72. The molecule has 1 amide bonds. The molecular weight excluding hydrogens is 296 g/mol. The monoisotopic (exact) mass is 316 g/mol. The Hall–Kier alpha value is -1.05. The summed E-state index contributed by atoms with van der Waals surface area (Å²) in [6.07, 6.45) is 1.03. The van der Waals surface area contributed by atoms with Gasteiger partial charge in [-0.1, -0.05) is 6.92 Å². The number of hydrogen-bond acceptors (Lipinski definition) is 4. The van der Waals surface area contributed by atoms with Gasteiger partial charge in [0.25, 0.3) is 0 Å². The maximum Gasteiger partial charge on any atom is 0.241 e. The number of carbonyl (C=O) groups is 1. The van der Waals surface area contributed by atoms with E-state index in [4.69, 9.17) is 0 Å². The van der Waals surface area contributed by atoms with Crippen molar-refractivity contribution in [3.63, 3.8) is 0 Å². The number of nitrogens with one attached hydrogen (secondary N) is 2. The normalized spacial score (nSPS) is 12.2. The average Bonchev–Trinajstić information content (AvgIpc) is 2.25. The zero-order valence-electron chi connectivity index (χ0n) is 12.0. The molecule has 0 unspecified atom stereocenters. The number of anilines is 1. The van der Waals surface area contributed by atoms with Gasteiger partial charge in [0.2, 0.25) is 16.4 Å². The van der Waals surface area contributed by atoms with Gasteiger partial charge in [-0.05, 0) is 44.9 Å². The first-order valence-corrected chi connectivity index (χ1v) is 8.14. The Labute approximate surface area is 125 Å². The number of hydrogen-bond donors (Lipinski definition) is 3. The van der Waals surface area contributed by atoms with Crippen molar-refractivity contribution >= 4 is 34.7 Å². The summed E-state index contributed by atoms with van der Waals surface area (Å²) in [5.41, 5.74) is 0.437. The maximum atomic E-state index is 12.5. The van der Waals surface area contributed by atoms with Crippen molar-refractivity contribution in [3.05, 3.63) is 17.7 Å². The van der Waals surface area contributed by atoms with Gasteiger partial charge in [0.1, 0.15) is 0 Å². The zero-order chi connectivity index (χ0) is 15.6. The summed E-state index contributed by atoms with van der Waals surface area (Å²) < 4.78 is 27.6. The van der Waals surface area contributed by atoms with Crippen molar-refractivity contribution in [1.82, 2.24) is 4.72 Å². The first-order valence-electron chi connectivity index (χ1n) is 6.20. The SMILES string of the molecule is CCc1c(S)cc(NC=O)cc1S(=O)(=O)NC(C)(C)C. The Morgan fingerprint density at radius 2 is 1.90 bits per heavy atom. The van der Waals surface area contributed by atoms with E-state index < -0.39 is 15.6 Å². The fourth-order valence-electron chi connectivity index (χ4n) is 1.84. The number of rotatable bonds is 5.